The fourth-order valence-corrected chi connectivity index (χ4v) is 3.08. The van der Waals surface area contributed by atoms with Crippen molar-refractivity contribution in [1.29, 1.82) is 0 Å². The van der Waals surface area contributed by atoms with Crippen molar-refractivity contribution in [2.45, 2.75) is 32.2 Å². The zero-order valence-corrected chi connectivity index (χ0v) is 11.3. The van der Waals surface area contributed by atoms with Crippen LogP contribution in [0, 0.1) is 5.92 Å². The van der Waals surface area contributed by atoms with Crippen molar-refractivity contribution in [3.05, 3.63) is 18.2 Å². The van der Waals surface area contributed by atoms with Crippen molar-refractivity contribution in [1.82, 2.24) is 19.8 Å². The molecule has 1 N–H and O–H groups in total. The van der Waals surface area contributed by atoms with E-state index in [0.717, 1.165) is 19.0 Å². The Balaban J connectivity index is 1.58. The summed E-state index contributed by atoms with van der Waals surface area (Å²) >= 11 is 0. The zero-order chi connectivity index (χ0) is 12.4. The summed E-state index contributed by atoms with van der Waals surface area (Å²) in [6, 6.07) is 0. The Morgan fingerprint density at radius 3 is 2.72 bits per heavy atom. The number of rotatable bonds is 4. The van der Waals surface area contributed by atoms with Crippen LogP contribution in [0.5, 0.6) is 0 Å². The van der Waals surface area contributed by atoms with E-state index in [1.165, 1.54) is 44.7 Å². The van der Waals surface area contributed by atoms with E-state index in [4.69, 9.17) is 0 Å². The lowest BCUT2D eigenvalue weighted by Gasteiger charge is -2.33. The number of nitrogens with zero attached hydrogens (tertiary/aromatic N) is 3. The SMILES string of the molecule is CCN1CCC(Cn2cncc2C2CNC2)CC1. The van der Waals surface area contributed by atoms with Gasteiger partial charge in [0.25, 0.3) is 0 Å². The van der Waals surface area contributed by atoms with Crippen LogP contribution in [-0.2, 0) is 6.54 Å². The van der Waals surface area contributed by atoms with Crippen LogP contribution >= 0.6 is 0 Å². The van der Waals surface area contributed by atoms with Crippen LogP contribution in [0.3, 0.4) is 0 Å². The molecule has 2 aliphatic rings. The molecule has 4 nitrogen and oxygen atoms in total. The van der Waals surface area contributed by atoms with E-state index in [1.54, 1.807) is 0 Å². The van der Waals surface area contributed by atoms with Crippen LogP contribution in [0.4, 0.5) is 0 Å². The fourth-order valence-electron chi connectivity index (χ4n) is 3.08. The Morgan fingerprint density at radius 1 is 1.33 bits per heavy atom. The summed E-state index contributed by atoms with van der Waals surface area (Å²) < 4.78 is 2.40. The monoisotopic (exact) mass is 248 g/mol. The number of aromatic nitrogens is 2. The molecule has 0 atom stereocenters. The largest absolute Gasteiger partial charge is 0.334 e. The molecule has 0 saturated carbocycles. The van der Waals surface area contributed by atoms with Crippen molar-refractivity contribution < 1.29 is 0 Å². The summed E-state index contributed by atoms with van der Waals surface area (Å²) in [6.07, 6.45) is 6.77. The summed E-state index contributed by atoms with van der Waals surface area (Å²) in [7, 11) is 0. The normalized spacial score (nSPS) is 23.2. The maximum atomic E-state index is 4.35. The summed E-state index contributed by atoms with van der Waals surface area (Å²) in [5, 5.41) is 3.35. The van der Waals surface area contributed by atoms with Crippen molar-refractivity contribution in [3.8, 4) is 0 Å². The highest BCUT2D eigenvalue weighted by molar-refractivity contribution is 5.11. The molecular formula is C14H24N4. The van der Waals surface area contributed by atoms with Gasteiger partial charge in [-0.3, -0.25) is 0 Å². The van der Waals surface area contributed by atoms with Gasteiger partial charge in [-0.05, 0) is 38.4 Å². The highest BCUT2D eigenvalue weighted by Crippen LogP contribution is 2.23. The molecule has 0 amide bonds. The Kier molecular flexibility index (Phi) is 3.66. The Bertz CT molecular complexity index is 375. The van der Waals surface area contributed by atoms with Crippen molar-refractivity contribution in [2.75, 3.05) is 32.7 Å². The second kappa shape index (κ2) is 5.41. The first kappa shape index (κ1) is 12.2. The molecule has 0 spiro atoms. The molecule has 2 aliphatic heterocycles. The molecule has 3 heterocycles. The molecule has 1 aromatic heterocycles. The van der Waals surface area contributed by atoms with E-state index in [-0.39, 0.29) is 0 Å². The first-order valence-corrected chi connectivity index (χ1v) is 7.30. The summed E-state index contributed by atoms with van der Waals surface area (Å²) in [5.41, 5.74) is 1.44. The maximum Gasteiger partial charge on any atom is 0.0948 e. The van der Waals surface area contributed by atoms with Gasteiger partial charge in [-0.1, -0.05) is 6.92 Å². The third kappa shape index (κ3) is 2.45. The van der Waals surface area contributed by atoms with Gasteiger partial charge in [-0.25, -0.2) is 4.98 Å². The lowest BCUT2D eigenvalue weighted by Crippen LogP contribution is -2.41. The molecule has 2 saturated heterocycles. The number of likely N-dealkylation sites (tertiary alicyclic amines) is 1. The third-order valence-corrected chi connectivity index (χ3v) is 4.55. The van der Waals surface area contributed by atoms with E-state index in [1.807, 2.05) is 6.33 Å². The molecule has 0 aromatic carbocycles. The minimum Gasteiger partial charge on any atom is -0.334 e. The standard InChI is InChI=1S/C14H24N4/c1-2-17-5-3-12(4-6-17)10-18-11-16-9-14(18)13-7-15-8-13/h9,11-13,15H,2-8,10H2,1H3. The second-order valence-electron chi connectivity index (χ2n) is 5.70. The molecule has 4 heteroatoms. The van der Waals surface area contributed by atoms with Crippen LogP contribution in [0.2, 0.25) is 0 Å². The van der Waals surface area contributed by atoms with E-state index < -0.39 is 0 Å². The van der Waals surface area contributed by atoms with E-state index in [0.29, 0.717) is 5.92 Å². The van der Waals surface area contributed by atoms with Gasteiger partial charge in [-0.15, -0.1) is 0 Å². The molecule has 0 unspecified atom stereocenters. The summed E-state index contributed by atoms with van der Waals surface area (Å²) in [6.45, 7) is 9.43. The molecule has 100 valence electrons. The molecule has 3 rings (SSSR count). The van der Waals surface area contributed by atoms with Crippen molar-refractivity contribution >= 4 is 0 Å². The molecule has 2 fully saturated rings. The van der Waals surface area contributed by atoms with Crippen molar-refractivity contribution in [2.24, 2.45) is 5.92 Å². The minimum absolute atomic E-state index is 0.697. The van der Waals surface area contributed by atoms with Crippen LogP contribution in [0.15, 0.2) is 12.5 Å². The minimum atomic E-state index is 0.697. The molecule has 0 aliphatic carbocycles. The van der Waals surface area contributed by atoms with Gasteiger partial charge in [0.2, 0.25) is 0 Å². The summed E-state index contributed by atoms with van der Waals surface area (Å²) in [4.78, 5) is 6.90. The van der Waals surface area contributed by atoms with Crippen LogP contribution in [-0.4, -0.2) is 47.2 Å². The third-order valence-electron chi connectivity index (χ3n) is 4.55. The summed E-state index contributed by atoms with van der Waals surface area (Å²) in [5.74, 6) is 1.54. The van der Waals surface area contributed by atoms with Gasteiger partial charge in [-0.2, -0.15) is 0 Å². The molecular weight excluding hydrogens is 224 g/mol. The Morgan fingerprint density at radius 2 is 2.11 bits per heavy atom. The van der Waals surface area contributed by atoms with Gasteiger partial charge < -0.3 is 14.8 Å². The lowest BCUT2D eigenvalue weighted by atomic mass is 9.95. The highest BCUT2D eigenvalue weighted by atomic mass is 15.1. The number of piperidine rings is 1. The number of hydrogen-bond donors (Lipinski definition) is 1. The Hall–Kier alpha value is -0.870. The predicted molar refractivity (Wildman–Crippen MR) is 72.7 cm³/mol. The van der Waals surface area contributed by atoms with Crippen LogP contribution < -0.4 is 5.32 Å². The van der Waals surface area contributed by atoms with E-state index >= 15 is 0 Å². The van der Waals surface area contributed by atoms with Gasteiger partial charge in [0, 0.05) is 37.4 Å². The molecule has 18 heavy (non-hydrogen) atoms. The average molecular weight is 248 g/mol. The smallest absolute Gasteiger partial charge is 0.0948 e. The van der Waals surface area contributed by atoms with Crippen LogP contribution in [0.1, 0.15) is 31.4 Å². The maximum absolute atomic E-state index is 4.35. The van der Waals surface area contributed by atoms with Gasteiger partial charge >= 0.3 is 0 Å². The van der Waals surface area contributed by atoms with Crippen LogP contribution in [0.25, 0.3) is 0 Å². The average Bonchev–Trinajstić information content (AvgIpc) is 2.76. The first-order valence-electron chi connectivity index (χ1n) is 7.30. The van der Waals surface area contributed by atoms with E-state index in [9.17, 15) is 0 Å². The lowest BCUT2D eigenvalue weighted by molar-refractivity contribution is 0.179. The molecule has 0 bridgehead atoms. The van der Waals surface area contributed by atoms with Gasteiger partial charge in [0.1, 0.15) is 0 Å². The highest BCUT2D eigenvalue weighted by Gasteiger charge is 2.24. The van der Waals surface area contributed by atoms with E-state index in [2.05, 4.69) is 32.9 Å². The zero-order valence-electron chi connectivity index (χ0n) is 11.3. The fraction of sp³-hybridized carbons (Fsp3) is 0.786. The number of nitrogens with one attached hydrogen (secondary N) is 1. The topological polar surface area (TPSA) is 33.1 Å². The number of imidazole rings is 1. The number of hydrogen-bond acceptors (Lipinski definition) is 3. The van der Waals surface area contributed by atoms with Gasteiger partial charge in [0.15, 0.2) is 0 Å². The second-order valence-corrected chi connectivity index (χ2v) is 5.70. The molecule has 1 aromatic rings. The Labute approximate surface area is 109 Å². The predicted octanol–water partition coefficient (Wildman–Crippen LogP) is 1.30. The first-order chi connectivity index (χ1) is 8.86. The molecule has 0 radical (unpaired) electrons. The van der Waals surface area contributed by atoms with Gasteiger partial charge in [0.05, 0.1) is 6.33 Å². The van der Waals surface area contributed by atoms with Crippen molar-refractivity contribution in [3.63, 3.8) is 0 Å². The quantitative estimate of drug-likeness (QED) is 0.872.